The standard InChI is InChI=1S/C22H29N6O9PS/c1-13(2)35-17(30)14(3)25-38(39,37-15-8-6-5-7-9-15)34-12-22(26-27-23)18(31)21(4,33)19(36-22)28-11-10-16(29)24-20(28)32/h5-11,13-14,18-19,31,33H,12H2,1-4H3,(H,25,39)(H,24,29,32)/t14?,18-,19+,21+,22+,38?/m0/s1. The number of aliphatic hydroxyl groups excluding tert-OH is 1. The minimum atomic E-state index is -3.68. The molecule has 2 heterocycles. The lowest BCUT2D eigenvalue weighted by Crippen LogP contribution is -2.51. The molecule has 2 unspecified atom stereocenters. The molecule has 3 rings (SSSR count). The molecule has 0 saturated carbocycles. The molecule has 0 radical (unpaired) electrons. The van der Waals surface area contributed by atoms with Crippen LogP contribution in [0.2, 0.25) is 0 Å². The van der Waals surface area contributed by atoms with Crippen molar-refractivity contribution >= 4 is 24.4 Å². The van der Waals surface area contributed by atoms with E-state index in [1.54, 1.807) is 44.2 Å². The third-order valence-electron chi connectivity index (χ3n) is 5.58. The monoisotopic (exact) mass is 584 g/mol. The molecule has 0 bridgehead atoms. The van der Waals surface area contributed by atoms with Crippen LogP contribution >= 0.6 is 6.64 Å². The van der Waals surface area contributed by atoms with Crippen LogP contribution in [0, 0.1) is 0 Å². The number of aliphatic hydroxyl groups is 2. The number of nitrogens with one attached hydrogen (secondary N) is 2. The maximum Gasteiger partial charge on any atom is 0.330 e. The van der Waals surface area contributed by atoms with E-state index in [9.17, 15) is 30.1 Å². The Balaban J connectivity index is 1.95. The van der Waals surface area contributed by atoms with E-state index >= 15 is 0 Å². The lowest BCUT2D eigenvalue weighted by Gasteiger charge is -2.32. The van der Waals surface area contributed by atoms with Crippen molar-refractivity contribution in [1.29, 1.82) is 0 Å². The lowest BCUT2D eigenvalue weighted by atomic mass is 9.93. The fourth-order valence-electron chi connectivity index (χ4n) is 3.73. The van der Waals surface area contributed by atoms with Gasteiger partial charge in [-0.05, 0) is 57.2 Å². The van der Waals surface area contributed by atoms with Crippen molar-refractivity contribution in [2.45, 2.75) is 63.5 Å². The molecule has 2 aromatic rings. The van der Waals surface area contributed by atoms with Crippen LogP contribution in [0.15, 0.2) is 57.3 Å². The lowest BCUT2D eigenvalue weighted by molar-refractivity contribution is -0.149. The second kappa shape index (κ2) is 12.0. The number of nitrogens with zero attached hydrogens (tertiary/aromatic N) is 4. The van der Waals surface area contributed by atoms with Crippen molar-refractivity contribution < 1.29 is 33.5 Å². The number of carbonyl (C=O) groups is 1. The van der Waals surface area contributed by atoms with Crippen LogP contribution in [-0.4, -0.2) is 61.9 Å². The molecule has 15 nitrogen and oxygen atoms in total. The normalized spacial score (nSPS) is 26.8. The third-order valence-corrected chi connectivity index (χ3v) is 8.06. The van der Waals surface area contributed by atoms with E-state index in [4.69, 9.17) is 30.3 Å². The predicted octanol–water partition coefficient (Wildman–Crippen LogP) is 1.43. The number of esters is 1. The van der Waals surface area contributed by atoms with Gasteiger partial charge in [-0.3, -0.25) is 19.1 Å². The van der Waals surface area contributed by atoms with Gasteiger partial charge in [-0.25, -0.2) is 9.88 Å². The molecule has 212 valence electrons. The van der Waals surface area contributed by atoms with Gasteiger partial charge in [0.2, 0.25) is 5.72 Å². The van der Waals surface area contributed by atoms with Gasteiger partial charge < -0.3 is 28.7 Å². The van der Waals surface area contributed by atoms with E-state index in [1.807, 2.05) is 4.98 Å². The Kier molecular flexibility index (Phi) is 9.36. The summed E-state index contributed by atoms with van der Waals surface area (Å²) in [6.45, 7) is 1.53. The first kappa shape index (κ1) is 30.5. The molecule has 1 aliphatic heterocycles. The molecule has 6 atom stereocenters. The van der Waals surface area contributed by atoms with Gasteiger partial charge >= 0.3 is 18.3 Å². The van der Waals surface area contributed by atoms with Gasteiger partial charge in [-0.1, -0.05) is 23.3 Å². The van der Waals surface area contributed by atoms with Crippen LogP contribution in [0.25, 0.3) is 10.4 Å². The van der Waals surface area contributed by atoms with E-state index in [2.05, 4.69) is 15.1 Å². The van der Waals surface area contributed by atoms with Gasteiger partial charge in [0.1, 0.15) is 23.5 Å². The van der Waals surface area contributed by atoms with Crippen LogP contribution in [0.5, 0.6) is 5.75 Å². The molecule has 1 aromatic carbocycles. The zero-order chi connectivity index (χ0) is 29.0. The molecule has 17 heteroatoms. The maximum atomic E-state index is 12.5. The number of azide groups is 1. The predicted molar refractivity (Wildman–Crippen MR) is 141 cm³/mol. The highest BCUT2D eigenvalue weighted by Gasteiger charge is 2.62. The van der Waals surface area contributed by atoms with Gasteiger partial charge in [0.25, 0.3) is 5.56 Å². The van der Waals surface area contributed by atoms with E-state index < -0.39 is 66.3 Å². The average Bonchev–Trinajstić information content (AvgIpc) is 3.04. The highest BCUT2D eigenvalue weighted by molar-refractivity contribution is 8.09. The Morgan fingerprint density at radius 1 is 1.33 bits per heavy atom. The summed E-state index contributed by atoms with van der Waals surface area (Å²) in [7, 11) is 0. The van der Waals surface area contributed by atoms with Gasteiger partial charge in [0.15, 0.2) is 6.23 Å². The first-order valence-corrected chi connectivity index (χ1v) is 14.3. The van der Waals surface area contributed by atoms with Crippen LogP contribution in [0.1, 0.15) is 33.9 Å². The van der Waals surface area contributed by atoms with Gasteiger partial charge in [-0.15, -0.1) is 0 Å². The number of carbonyl (C=O) groups excluding carboxylic acids is 1. The smallest absolute Gasteiger partial charge is 0.330 e. The first-order chi connectivity index (χ1) is 18.2. The molecule has 4 N–H and O–H groups in total. The number of H-pyrrole nitrogens is 1. The summed E-state index contributed by atoms with van der Waals surface area (Å²) in [4.78, 5) is 41.1. The summed E-state index contributed by atoms with van der Waals surface area (Å²) in [5.41, 5.74) is 3.10. The fraction of sp³-hybridized carbons (Fsp3) is 0.500. The molecular formula is C22H29N6O9PS. The maximum absolute atomic E-state index is 12.5. The second-order valence-corrected chi connectivity index (χ2v) is 12.3. The number of aromatic nitrogens is 2. The fourth-order valence-corrected chi connectivity index (χ4v) is 6.13. The van der Waals surface area contributed by atoms with Crippen molar-refractivity contribution in [2.24, 2.45) is 5.11 Å². The third kappa shape index (κ3) is 6.93. The Labute approximate surface area is 227 Å². The molecule has 1 aromatic heterocycles. The summed E-state index contributed by atoms with van der Waals surface area (Å²) in [5.74, 6) is -0.352. The van der Waals surface area contributed by atoms with Crippen LogP contribution in [-0.2, 0) is 30.6 Å². The Morgan fingerprint density at radius 3 is 2.59 bits per heavy atom. The Bertz CT molecular complexity index is 1390. The van der Waals surface area contributed by atoms with E-state index in [0.29, 0.717) is 0 Å². The number of para-hydroxylation sites is 1. The quantitative estimate of drug-likeness (QED) is 0.0976. The summed E-state index contributed by atoms with van der Waals surface area (Å²) < 4.78 is 23.6. The van der Waals surface area contributed by atoms with Crippen LogP contribution in [0.3, 0.4) is 0 Å². The average molecular weight is 585 g/mol. The highest BCUT2D eigenvalue weighted by Crippen LogP contribution is 2.50. The van der Waals surface area contributed by atoms with Crippen molar-refractivity contribution in [3.05, 3.63) is 73.9 Å². The summed E-state index contributed by atoms with van der Waals surface area (Å²) >= 11 is 5.63. The number of benzene rings is 1. The van der Waals surface area contributed by atoms with Crippen molar-refractivity contribution in [1.82, 2.24) is 14.6 Å². The van der Waals surface area contributed by atoms with E-state index in [1.165, 1.54) is 6.92 Å². The molecule has 0 spiro atoms. The van der Waals surface area contributed by atoms with Crippen molar-refractivity contribution in [2.75, 3.05) is 6.61 Å². The van der Waals surface area contributed by atoms with Crippen molar-refractivity contribution in [3.63, 3.8) is 0 Å². The molecule has 0 aliphatic carbocycles. The van der Waals surface area contributed by atoms with Gasteiger partial charge in [0, 0.05) is 17.2 Å². The summed E-state index contributed by atoms with van der Waals surface area (Å²) in [6.07, 6.45) is -2.92. The SMILES string of the molecule is CC(C)OC(=O)C(C)NP(=S)(OC[C@@]1(N=[N+]=[N-])O[C@@H](n2ccc(=O)[nH]c2=O)[C@](C)(O)[C@@H]1O)Oc1ccccc1. The number of hydrogen-bond acceptors (Lipinski definition) is 11. The van der Waals surface area contributed by atoms with E-state index in [0.717, 1.165) is 23.8 Å². The zero-order valence-corrected chi connectivity index (χ0v) is 23.2. The Hall–Kier alpha value is -3.07. The topological polar surface area (TPSA) is 210 Å². The first-order valence-electron chi connectivity index (χ1n) is 11.7. The van der Waals surface area contributed by atoms with Gasteiger partial charge in [0.05, 0.1) is 12.7 Å². The molecule has 1 fully saturated rings. The summed E-state index contributed by atoms with van der Waals surface area (Å²) in [5, 5.41) is 28.5. The molecule has 1 aliphatic rings. The van der Waals surface area contributed by atoms with Crippen molar-refractivity contribution in [3.8, 4) is 5.75 Å². The minimum absolute atomic E-state index is 0.285. The minimum Gasteiger partial charge on any atom is -0.462 e. The molecule has 1 saturated heterocycles. The number of ether oxygens (including phenoxy) is 2. The molecule has 0 amide bonds. The van der Waals surface area contributed by atoms with Crippen LogP contribution < -0.4 is 20.9 Å². The number of aromatic amines is 1. The van der Waals surface area contributed by atoms with Crippen LogP contribution in [0.4, 0.5) is 0 Å². The van der Waals surface area contributed by atoms with Gasteiger partial charge in [-0.2, -0.15) is 0 Å². The largest absolute Gasteiger partial charge is 0.462 e. The highest BCUT2D eigenvalue weighted by atomic mass is 32.5. The van der Waals surface area contributed by atoms with E-state index in [-0.39, 0.29) is 5.75 Å². The Morgan fingerprint density at radius 2 is 2.00 bits per heavy atom. The number of hydrogen-bond donors (Lipinski definition) is 4. The zero-order valence-electron chi connectivity index (χ0n) is 21.5. The second-order valence-electron chi connectivity index (χ2n) is 9.16. The number of rotatable bonds is 11. The molecule has 39 heavy (non-hydrogen) atoms. The molecular weight excluding hydrogens is 555 g/mol. The summed E-state index contributed by atoms with van der Waals surface area (Å²) in [6, 6.07) is 8.30.